The Bertz CT molecular complexity index is 374. The van der Waals surface area contributed by atoms with Crippen LogP contribution in [0.25, 0.3) is 0 Å². The molecule has 17 heavy (non-hydrogen) atoms. The summed E-state index contributed by atoms with van der Waals surface area (Å²) in [4.78, 5) is 0. The van der Waals surface area contributed by atoms with Crippen molar-refractivity contribution in [3.05, 3.63) is 28.8 Å². The van der Waals surface area contributed by atoms with Crippen molar-refractivity contribution in [1.82, 2.24) is 5.32 Å². The van der Waals surface area contributed by atoms with Gasteiger partial charge in [-0.3, -0.25) is 0 Å². The first kappa shape index (κ1) is 12.7. The minimum absolute atomic E-state index is 0.266. The average molecular weight is 254 g/mol. The van der Waals surface area contributed by atoms with Crippen LogP contribution >= 0.6 is 11.6 Å². The van der Waals surface area contributed by atoms with Gasteiger partial charge in [-0.1, -0.05) is 31.5 Å². The number of benzene rings is 1. The molecular weight excluding hydrogens is 234 g/mol. The number of ether oxygens (including phenoxy) is 1. The summed E-state index contributed by atoms with van der Waals surface area (Å²) in [5, 5.41) is 4.01. The van der Waals surface area contributed by atoms with Gasteiger partial charge < -0.3 is 10.1 Å². The largest absolute Gasteiger partial charge is 0.487 e. The number of nitrogens with one attached hydrogen (secondary N) is 1. The zero-order valence-corrected chi connectivity index (χ0v) is 11.3. The van der Waals surface area contributed by atoms with E-state index in [9.17, 15) is 0 Å². The molecule has 1 aliphatic rings. The summed E-state index contributed by atoms with van der Waals surface area (Å²) in [6.45, 7) is 6.36. The van der Waals surface area contributed by atoms with Gasteiger partial charge >= 0.3 is 0 Å². The van der Waals surface area contributed by atoms with Crippen LogP contribution in [-0.4, -0.2) is 19.2 Å². The van der Waals surface area contributed by atoms with E-state index in [4.69, 9.17) is 16.3 Å². The Morgan fingerprint density at radius 2 is 2.35 bits per heavy atom. The summed E-state index contributed by atoms with van der Waals surface area (Å²) in [6.07, 6.45) is 2.45. The van der Waals surface area contributed by atoms with E-state index in [1.54, 1.807) is 0 Å². The molecule has 2 rings (SSSR count). The van der Waals surface area contributed by atoms with Gasteiger partial charge in [-0.2, -0.15) is 0 Å². The van der Waals surface area contributed by atoms with E-state index >= 15 is 0 Å². The van der Waals surface area contributed by atoms with Gasteiger partial charge in [0, 0.05) is 6.54 Å². The van der Waals surface area contributed by atoms with Crippen molar-refractivity contribution in [2.24, 2.45) is 0 Å². The second kappa shape index (κ2) is 5.74. The fraction of sp³-hybridized carbons (Fsp3) is 0.571. The normalized spacial score (nSPS) is 21.5. The van der Waals surface area contributed by atoms with E-state index in [1.807, 2.05) is 12.1 Å². The molecule has 0 spiro atoms. The van der Waals surface area contributed by atoms with Gasteiger partial charge in [0.25, 0.3) is 0 Å². The van der Waals surface area contributed by atoms with Crippen LogP contribution in [0.3, 0.4) is 0 Å². The van der Waals surface area contributed by atoms with Crippen LogP contribution in [0.5, 0.6) is 5.75 Å². The second-order valence-electron chi connectivity index (χ2n) is 4.73. The lowest BCUT2D eigenvalue weighted by Crippen LogP contribution is -2.19. The highest BCUT2D eigenvalue weighted by Gasteiger charge is 2.17. The summed E-state index contributed by atoms with van der Waals surface area (Å²) < 4.78 is 5.88. The number of halogens is 1. The predicted octanol–water partition coefficient (Wildman–Crippen LogP) is 3.59. The molecular formula is C14H20ClNO. The van der Waals surface area contributed by atoms with Gasteiger partial charge in [-0.25, -0.2) is 0 Å². The Hall–Kier alpha value is -0.730. The van der Waals surface area contributed by atoms with Crippen LogP contribution in [0.1, 0.15) is 38.2 Å². The third-order valence-electron chi connectivity index (χ3n) is 3.45. The molecule has 0 saturated carbocycles. The molecule has 1 fully saturated rings. The smallest absolute Gasteiger partial charge is 0.138 e. The van der Waals surface area contributed by atoms with Crippen LogP contribution in [0.4, 0.5) is 0 Å². The van der Waals surface area contributed by atoms with E-state index < -0.39 is 0 Å². The van der Waals surface area contributed by atoms with Crippen LogP contribution in [0, 0.1) is 0 Å². The molecule has 0 bridgehead atoms. The molecule has 94 valence electrons. The molecule has 0 unspecified atom stereocenters. The molecule has 1 saturated heterocycles. The molecule has 2 nitrogen and oxygen atoms in total. The molecule has 0 aliphatic carbocycles. The highest BCUT2D eigenvalue weighted by Crippen LogP contribution is 2.30. The third kappa shape index (κ3) is 3.14. The summed E-state index contributed by atoms with van der Waals surface area (Å²) in [7, 11) is 0. The predicted molar refractivity (Wildman–Crippen MR) is 72.1 cm³/mol. The first-order valence-electron chi connectivity index (χ1n) is 6.37. The molecule has 1 aliphatic heterocycles. The summed E-state index contributed by atoms with van der Waals surface area (Å²) in [5.74, 6) is 1.36. The third-order valence-corrected chi connectivity index (χ3v) is 3.74. The Morgan fingerprint density at radius 3 is 2.94 bits per heavy atom. The Balaban J connectivity index is 2.08. The van der Waals surface area contributed by atoms with Crippen molar-refractivity contribution >= 4 is 11.6 Å². The van der Waals surface area contributed by atoms with Gasteiger partial charge in [0.05, 0.1) is 5.02 Å². The summed E-state index contributed by atoms with van der Waals surface area (Å²) in [6, 6.07) is 6.16. The molecule has 0 amide bonds. The van der Waals surface area contributed by atoms with Gasteiger partial charge in [0.1, 0.15) is 11.9 Å². The second-order valence-corrected chi connectivity index (χ2v) is 5.14. The highest BCUT2D eigenvalue weighted by molar-refractivity contribution is 6.32. The Labute approximate surface area is 108 Å². The molecule has 1 aromatic carbocycles. The molecule has 1 aromatic rings. The summed E-state index contributed by atoms with van der Waals surface area (Å²) in [5.41, 5.74) is 1.29. The maximum Gasteiger partial charge on any atom is 0.138 e. The Morgan fingerprint density at radius 1 is 1.53 bits per heavy atom. The highest BCUT2D eigenvalue weighted by atomic mass is 35.5. The maximum atomic E-state index is 6.26. The fourth-order valence-corrected chi connectivity index (χ4v) is 2.30. The fourth-order valence-electron chi connectivity index (χ4n) is 2.06. The van der Waals surface area contributed by atoms with Crippen LogP contribution in [0.15, 0.2) is 18.2 Å². The molecule has 2 atom stereocenters. The number of hydrogen-bond donors (Lipinski definition) is 1. The van der Waals surface area contributed by atoms with Gasteiger partial charge in [0.15, 0.2) is 0 Å². The van der Waals surface area contributed by atoms with E-state index in [0.717, 1.165) is 36.7 Å². The number of rotatable bonds is 4. The lowest BCUT2D eigenvalue weighted by Gasteiger charge is -2.16. The standard InChI is InChI=1S/C14H20ClNO/c1-3-10(2)11-4-5-14(13(15)8-11)17-12-6-7-16-9-12/h4-5,8,10,12,16H,3,6-7,9H2,1-2H3/t10-,12-/m0/s1. The van der Waals surface area contributed by atoms with E-state index in [1.165, 1.54) is 5.56 Å². The monoisotopic (exact) mass is 253 g/mol. The molecule has 0 radical (unpaired) electrons. The SMILES string of the molecule is CC[C@H](C)c1ccc(O[C@H]2CCNC2)c(Cl)c1. The van der Waals surface area contributed by atoms with Crippen molar-refractivity contribution < 1.29 is 4.74 Å². The topological polar surface area (TPSA) is 21.3 Å². The number of hydrogen-bond acceptors (Lipinski definition) is 2. The molecule has 1 heterocycles. The van der Waals surface area contributed by atoms with Crippen molar-refractivity contribution in [3.63, 3.8) is 0 Å². The quantitative estimate of drug-likeness (QED) is 0.885. The van der Waals surface area contributed by atoms with Gasteiger partial charge in [-0.05, 0) is 43.0 Å². The molecule has 3 heteroatoms. The van der Waals surface area contributed by atoms with Crippen molar-refractivity contribution in [3.8, 4) is 5.75 Å². The van der Waals surface area contributed by atoms with Crippen LogP contribution < -0.4 is 10.1 Å². The molecule has 0 aromatic heterocycles. The van der Waals surface area contributed by atoms with E-state index in [0.29, 0.717) is 5.92 Å². The molecule has 1 N–H and O–H groups in total. The van der Waals surface area contributed by atoms with Crippen LogP contribution in [0.2, 0.25) is 5.02 Å². The minimum Gasteiger partial charge on any atom is -0.487 e. The maximum absolute atomic E-state index is 6.26. The Kier molecular flexibility index (Phi) is 4.30. The lowest BCUT2D eigenvalue weighted by molar-refractivity contribution is 0.223. The zero-order chi connectivity index (χ0) is 12.3. The first-order chi connectivity index (χ1) is 8.20. The van der Waals surface area contributed by atoms with E-state index in [-0.39, 0.29) is 6.10 Å². The summed E-state index contributed by atoms with van der Waals surface area (Å²) >= 11 is 6.26. The average Bonchev–Trinajstić information content (AvgIpc) is 2.83. The van der Waals surface area contributed by atoms with Crippen molar-refractivity contribution in [2.75, 3.05) is 13.1 Å². The van der Waals surface area contributed by atoms with E-state index in [2.05, 4.69) is 25.2 Å². The minimum atomic E-state index is 0.266. The first-order valence-corrected chi connectivity index (χ1v) is 6.75. The lowest BCUT2D eigenvalue weighted by atomic mass is 9.99. The van der Waals surface area contributed by atoms with Gasteiger partial charge in [-0.15, -0.1) is 0 Å². The van der Waals surface area contributed by atoms with Gasteiger partial charge in [0.2, 0.25) is 0 Å². The van der Waals surface area contributed by atoms with Crippen molar-refractivity contribution in [1.29, 1.82) is 0 Å². The van der Waals surface area contributed by atoms with Crippen molar-refractivity contribution in [2.45, 2.75) is 38.7 Å². The zero-order valence-electron chi connectivity index (χ0n) is 10.5. The van der Waals surface area contributed by atoms with Crippen LogP contribution in [-0.2, 0) is 0 Å².